The van der Waals surface area contributed by atoms with Gasteiger partial charge in [-0.15, -0.1) is 0 Å². The highest BCUT2D eigenvalue weighted by atomic mass is 15.2. The molecule has 114 valence electrons. The maximum Gasteiger partial charge on any atom is 0.166 e. The second-order valence-electron chi connectivity index (χ2n) is 6.42. The van der Waals surface area contributed by atoms with Crippen LogP contribution in [0.3, 0.4) is 0 Å². The molecule has 0 radical (unpaired) electrons. The van der Waals surface area contributed by atoms with E-state index in [-0.39, 0.29) is 5.54 Å². The molecule has 22 heavy (non-hydrogen) atoms. The van der Waals surface area contributed by atoms with Gasteiger partial charge in [0.25, 0.3) is 0 Å². The van der Waals surface area contributed by atoms with Gasteiger partial charge in [-0.1, -0.05) is 30.3 Å². The third kappa shape index (κ3) is 2.79. The van der Waals surface area contributed by atoms with Gasteiger partial charge in [0, 0.05) is 12.1 Å². The second-order valence-corrected chi connectivity index (χ2v) is 6.42. The Morgan fingerprint density at radius 1 is 1.09 bits per heavy atom. The summed E-state index contributed by atoms with van der Waals surface area (Å²) in [5.41, 5.74) is 2.83. The fourth-order valence-electron chi connectivity index (χ4n) is 2.40. The molecule has 0 amide bonds. The highest BCUT2D eigenvalue weighted by molar-refractivity contribution is 5.83. The first-order chi connectivity index (χ1) is 10.4. The van der Waals surface area contributed by atoms with Gasteiger partial charge in [0.1, 0.15) is 11.3 Å². The molecule has 0 saturated carbocycles. The van der Waals surface area contributed by atoms with Gasteiger partial charge in [-0.25, -0.2) is 15.0 Å². The summed E-state index contributed by atoms with van der Waals surface area (Å²) in [5.74, 6) is 1.53. The number of nitrogens with one attached hydrogen (secondary N) is 1. The smallest absolute Gasteiger partial charge is 0.166 e. The number of aryl methyl sites for hydroxylation is 1. The quantitative estimate of drug-likeness (QED) is 0.803. The van der Waals surface area contributed by atoms with Crippen molar-refractivity contribution in [1.82, 2.24) is 19.5 Å². The highest BCUT2D eigenvalue weighted by Crippen LogP contribution is 2.24. The summed E-state index contributed by atoms with van der Waals surface area (Å²) in [4.78, 5) is 13.6. The standard InChI is InChI=1S/C17H21N5/c1-12-20-15(18-10-13-8-6-5-7-9-13)14-16(21-12)22(11-19-14)17(2,3)4/h5-9,11H,10H2,1-4H3,(H,18,20,21). The molecule has 0 aliphatic carbocycles. The van der Waals surface area contributed by atoms with Gasteiger partial charge in [-0.3, -0.25) is 0 Å². The lowest BCUT2D eigenvalue weighted by Crippen LogP contribution is -2.21. The Balaban J connectivity index is 1.98. The largest absolute Gasteiger partial charge is 0.364 e. The predicted octanol–water partition coefficient (Wildman–Crippen LogP) is 3.50. The van der Waals surface area contributed by atoms with Gasteiger partial charge in [0.2, 0.25) is 0 Å². The summed E-state index contributed by atoms with van der Waals surface area (Å²) in [6.07, 6.45) is 1.84. The summed E-state index contributed by atoms with van der Waals surface area (Å²) in [7, 11) is 0. The lowest BCUT2D eigenvalue weighted by Gasteiger charge is -2.21. The van der Waals surface area contributed by atoms with E-state index in [0.717, 1.165) is 29.4 Å². The van der Waals surface area contributed by atoms with Crippen molar-refractivity contribution in [3.05, 3.63) is 48.0 Å². The number of anilines is 1. The van der Waals surface area contributed by atoms with E-state index >= 15 is 0 Å². The minimum absolute atomic E-state index is 0.0633. The van der Waals surface area contributed by atoms with Crippen LogP contribution in [-0.2, 0) is 12.1 Å². The highest BCUT2D eigenvalue weighted by Gasteiger charge is 2.19. The molecule has 5 heteroatoms. The van der Waals surface area contributed by atoms with Crippen molar-refractivity contribution >= 4 is 17.0 Å². The molecule has 0 bridgehead atoms. The number of benzene rings is 1. The molecule has 0 aliphatic heterocycles. The van der Waals surface area contributed by atoms with E-state index in [2.05, 4.69) is 57.7 Å². The molecule has 0 spiro atoms. The lowest BCUT2D eigenvalue weighted by atomic mass is 10.1. The topological polar surface area (TPSA) is 55.6 Å². The summed E-state index contributed by atoms with van der Waals surface area (Å²) in [5, 5.41) is 3.38. The van der Waals surface area contributed by atoms with E-state index in [0.29, 0.717) is 0 Å². The third-order valence-electron chi connectivity index (χ3n) is 3.53. The first-order valence-electron chi connectivity index (χ1n) is 7.45. The van der Waals surface area contributed by atoms with Crippen molar-refractivity contribution in [3.8, 4) is 0 Å². The number of hydrogen-bond donors (Lipinski definition) is 1. The third-order valence-corrected chi connectivity index (χ3v) is 3.53. The van der Waals surface area contributed by atoms with Gasteiger partial charge in [0.15, 0.2) is 11.5 Å². The van der Waals surface area contributed by atoms with Crippen LogP contribution in [0.2, 0.25) is 0 Å². The Morgan fingerprint density at radius 2 is 1.82 bits per heavy atom. The van der Waals surface area contributed by atoms with Crippen LogP contribution < -0.4 is 5.32 Å². The molecular weight excluding hydrogens is 274 g/mol. The van der Waals surface area contributed by atoms with E-state index in [4.69, 9.17) is 0 Å². The number of fused-ring (bicyclic) bond motifs is 1. The monoisotopic (exact) mass is 295 g/mol. The zero-order chi connectivity index (χ0) is 15.7. The van der Waals surface area contributed by atoms with Gasteiger partial charge >= 0.3 is 0 Å². The van der Waals surface area contributed by atoms with Crippen molar-refractivity contribution in [1.29, 1.82) is 0 Å². The van der Waals surface area contributed by atoms with Crippen LogP contribution in [0.4, 0.5) is 5.82 Å². The van der Waals surface area contributed by atoms with Crippen molar-refractivity contribution in [2.75, 3.05) is 5.32 Å². The van der Waals surface area contributed by atoms with Crippen molar-refractivity contribution < 1.29 is 0 Å². The van der Waals surface area contributed by atoms with Gasteiger partial charge in [0.05, 0.1) is 6.33 Å². The molecule has 0 fully saturated rings. The van der Waals surface area contributed by atoms with Crippen LogP contribution in [0.15, 0.2) is 36.7 Å². The van der Waals surface area contributed by atoms with Crippen molar-refractivity contribution in [2.45, 2.75) is 39.8 Å². The van der Waals surface area contributed by atoms with E-state index in [9.17, 15) is 0 Å². The maximum atomic E-state index is 4.57. The molecule has 0 atom stereocenters. The average molecular weight is 295 g/mol. The average Bonchev–Trinajstić information content (AvgIpc) is 2.89. The Hall–Kier alpha value is -2.43. The number of rotatable bonds is 3. The summed E-state index contributed by atoms with van der Waals surface area (Å²) >= 11 is 0. The molecule has 0 unspecified atom stereocenters. The minimum atomic E-state index is -0.0633. The molecule has 0 saturated heterocycles. The molecule has 3 rings (SSSR count). The first-order valence-corrected chi connectivity index (χ1v) is 7.45. The predicted molar refractivity (Wildman–Crippen MR) is 88.8 cm³/mol. The molecule has 5 nitrogen and oxygen atoms in total. The summed E-state index contributed by atoms with van der Waals surface area (Å²) < 4.78 is 2.09. The molecule has 1 N–H and O–H groups in total. The van der Waals surface area contributed by atoms with Crippen LogP contribution in [0, 0.1) is 6.92 Å². The van der Waals surface area contributed by atoms with Crippen molar-refractivity contribution in [2.24, 2.45) is 0 Å². The normalized spacial score (nSPS) is 11.8. The number of imidazole rings is 1. The Kier molecular flexibility index (Phi) is 3.56. The molecule has 2 heterocycles. The van der Waals surface area contributed by atoms with E-state index < -0.39 is 0 Å². The van der Waals surface area contributed by atoms with E-state index in [1.165, 1.54) is 5.56 Å². The fourth-order valence-corrected chi connectivity index (χ4v) is 2.40. The van der Waals surface area contributed by atoms with Gasteiger partial charge < -0.3 is 9.88 Å². The van der Waals surface area contributed by atoms with Gasteiger partial charge in [-0.2, -0.15) is 0 Å². The Morgan fingerprint density at radius 3 is 2.50 bits per heavy atom. The van der Waals surface area contributed by atoms with E-state index in [1.54, 1.807) is 0 Å². The van der Waals surface area contributed by atoms with Crippen LogP contribution in [-0.4, -0.2) is 19.5 Å². The zero-order valence-corrected chi connectivity index (χ0v) is 13.5. The summed E-state index contributed by atoms with van der Waals surface area (Å²) in [6.45, 7) is 9.05. The van der Waals surface area contributed by atoms with E-state index in [1.807, 2.05) is 31.5 Å². The molecular formula is C17H21N5. The van der Waals surface area contributed by atoms with Crippen LogP contribution in [0.5, 0.6) is 0 Å². The second kappa shape index (κ2) is 5.40. The van der Waals surface area contributed by atoms with Crippen LogP contribution in [0.1, 0.15) is 32.2 Å². The molecule has 2 aromatic heterocycles. The number of nitrogens with zero attached hydrogens (tertiary/aromatic N) is 4. The maximum absolute atomic E-state index is 4.57. The van der Waals surface area contributed by atoms with Gasteiger partial charge in [-0.05, 0) is 33.3 Å². The first kappa shape index (κ1) is 14.5. The molecule has 3 aromatic rings. The Labute approximate surface area is 130 Å². The number of hydrogen-bond acceptors (Lipinski definition) is 4. The summed E-state index contributed by atoms with van der Waals surface area (Å²) in [6, 6.07) is 10.3. The van der Waals surface area contributed by atoms with Crippen molar-refractivity contribution in [3.63, 3.8) is 0 Å². The number of aromatic nitrogens is 4. The minimum Gasteiger partial charge on any atom is -0.364 e. The Bertz CT molecular complexity index is 784. The SMILES string of the molecule is Cc1nc(NCc2ccccc2)c2ncn(C(C)(C)C)c2n1. The molecule has 0 aliphatic rings. The lowest BCUT2D eigenvalue weighted by molar-refractivity contribution is 0.406. The molecule has 1 aromatic carbocycles. The van der Waals surface area contributed by atoms with Crippen LogP contribution in [0.25, 0.3) is 11.2 Å². The zero-order valence-electron chi connectivity index (χ0n) is 13.5. The fraction of sp³-hybridized carbons (Fsp3) is 0.353. The van der Waals surface area contributed by atoms with Crippen LogP contribution >= 0.6 is 0 Å².